The monoisotopic (exact) mass is 1990 g/mol. The Hall–Kier alpha value is -1.53. The van der Waals surface area contributed by atoms with E-state index in [4.69, 9.17) is 125 Å². The number of hydrogen-bond acceptors (Lipinski definition) is 53. The Morgan fingerprint density at radius 1 is 0.351 bits per heavy atom. The molecule has 0 bridgehead atoms. The molecule has 0 radical (unpaired) electrons. The van der Waals surface area contributed by atoms with Crippen LogP contribution in [0.4, 0.5) is 0 Å². The van der Waals surface area contributed by atoms with Crippen LogP contribution in [0.25, 0.3) is 0 Å². The fourth-order valence-corrected chi connectivity index (χ4v) is 13.3. The van der Waals surface area contributed by atoms with Crippen LogP contribution in [0, 0.1) is 25.0 Å². The summed E-state index contributed by atoms with van der Waals surface area (Å²) >= 11 is 0. The van der Waals surface area contributed by atoms with Crippen LogP contribution >= 0.6 is 0 Å². The number of benzene rings is 2. The van der Waals surface area contributed by atoms with Crippen molar-refractivity contribution in [2.24, 2.45) is 17.6 Å². The van der Waals surface area contributed by atoms with E-state index in [9.17, 15) is 141 Å². The first kappa shape index (κ1) is 137. The van der Waals surface area contributed by atoms with Gasteiger partial charge in [-0.05, 0) is 42.6 Å². The van der Waals surface area contributed by atoms with Crippen LogP contribution in [0.15, 0.2) is 54.6 Å². The minimum Gasteiger partial charge on any atom is -0.547 e. The summed E-state index contributed by atoms with van der Waals surface area (Å²) in [4.78, 5) is 132. The van der Waals surface area contributed by atoms with E-state index in [1.54, 1.807) is 36.4 Å². The quantitative estimate of drug-likeness (QED) is 0.0255. The summed E-state index contributed by atoms with van der Waals surface area (Å²) in [5, 5.41) is 241. The molecule has 20 N–H and O–H groups in total. The van der Waals surface area contributed by atoms with Crippen molar-refractivity contribution in [2.45, 2.75) is 234 Å². The maximum atomic E-state index is 13.1. The summed E-state index contributed by atoms with van der Waals surface area (Å²) in [7, 11) is 4.53. The van der Waals surface area contributed by atoms with E-state index in [1.165, 1.54) is 14.2 Å². The van der Waals surface area contributed by atoms with Crippen LogP contribution in [0.1, 0.15) is 21.5 Å². The molecule has 2 aromatic rings. The number of aromatic carboxylic acids is 1. The third-order valence-electron chi connectivity index (χ3n) is 19.9. The van der Waals surface area contributed by atoms with Gasteiger partial charge in [0.1, 0.15) is 153 Å². The zero-order valence-electron chi connectivity index (χ0n) is 73.4. The molecule has 0 aromatic heterocycles. The number of methoxy groups -OCH3 is 4. The molecule has 8 aliphatic rings. The van der Waals surface area contributed by atoms with Gasteiger partial charge in [-0.25, -0.2) is 18.0 Å². The number of carbonyl (C=O) groups is 7. The van der Waals surface area contributed by atoms with E-state index in [0.717, 1.165) is 45.0 Å². The van der Waals surface area contributed by atoms with Gasteiger partial charge in [0.25, 0.3) is 5.91 Å². The molecule has 0 saturated carbocycles. The van der Waals surface area contributed by atoms with Gasteiger partial charge in [-0.3, -0.25) is 4.79 Å². The van der Waals surface area contributed by atoms with Crippen LogP contribution in [0.5, 0.6) is 0 Å². The Morgan fingerprint density at radius 2 is 0.604 bits per heavy atom. The van der Waals surface area contributed by atoms with Crippen molar-refractivity contribution in [1.29, 1.82) is 0 Å². The van der Waals surface area contributed by atoms with Gasteiger partial charge in [-0.2, -0.15) is 28.8 Å². The summed E-state index contributed by atoms with van der Waals surface area (Å²) in [6, 6.07) is 15.8. The van der Waals surface area contributed by atoms with Crippen LogP contribution < -0.4 is 243 Å². The van der Waals surface area contributed by atoms with Crippen LogP contribution in [0.3, 0.4) is 0 Å². The van der Waals surface area contributed by atoms with Crippen molar-refractivity contribution in [3.63, 3.8) is 0 Å². The number of aliphatic hydroxyl groups is 16. The van der Waals surface area contributed by atoms with Gasteiger partial charge >= 0.3 is 231 Å². The fourth-order valence-electron chi connectivity index (χ4n) is 13.3. The van der Waals surface area contributed by atoms with E-state index >= 15 is 0 Å². The van der Waals surface area contributed by atoms with Crippen molar-refractivity contribution in [3.05, 3.63) is 84.5 Å². The molecule has 0 aliphatic carbocycles. The zero-order chi connectivity index (χ0) is 95.3. The molecule has 38 atom stereocenters. The molecule has 14 unspecified atom stereocenters. The summed E-state index contributed by atoms with van der Waals surface area (Å²) < 4.78 is 93.5. The molecule has 0 spiro atoms. The largest absolute Gasteiger partial charge is 1.00 e. The van der Waals surface area contributed by atoms with Crippen molar-refractivity contribution in [2.75, 3.05) is 54.7 Å². The maximum absolute atomic E-state index is 13.1. The molecule has 55 nitrogen and oxygen atoms in total. The number of carbonyl (C=O) groups excluding carboxylic acids is 12. The minimum absolute atomic E-state index is 0. The third kappa shape index (κ3) is 37.5. The standard InChI is InChI=1S/C34H48NO22.C26H39O23.C9H11NO2.3CO2.7Na/c1-49-22-15(37)20(42)33(55-25(22)28(44)35-9-8-12-6-4-3-5-7-12)53-24-17(39)21(43)34(57-27(24)30(47)48)54-23-16(38)19(41)32(56-26(23)29(45)46)52-11-13-10-51-31(50-2)18(40)14(13)36;1-41-14-7(28)12(33)25(48-17(14)20(35)36)46-16-9(30)13(34)26(49-19(16)22(39)40)45-15-8(29)11(32)24(47-18(15)21(37)38)44-4-5-3-43-23(42-2)10(31)6(5)27;10-6-5-7-1-3-8(4-2-7)9(11)12;3*2-1-3;;;;;;;/h3-7,10,13-27,31-34,36-43H,8-9,11H2,1-2H3,(H,35,44)(H,45,46)(H,47,48);3,5-19,23-34H,4H2,1-2H3,(H,35,36)(H,37,38)(H,39,40);1-4H,5-6,10H2,(H,11,12);;;;;;;;;;/q2*-1;;;;;7*+1/p-5/t13-,14+,15?,16?,17+,18?,19?,20?,21?,22-,23-,24-,25+,26+,27?,31+,32+,33+,34+;5-,6+,7?,8?,9+,10?,11?,12?,13?,14-,15-,16-,17+,18+,19?,23+,24+,25+,26+;;;;;;;;;;;/m00.........../s1. The van der Waals surface area contributed by atoms with Crippen molar-refractivity contribution in [1.82, 2.24) is 5.32 Å². The number of ether oxygens (including phenoxy) is 18. The first-order chi connectivity index (χ1) is 60.1. The van der Waals surface area contributed by atoms with E-state index in [0.29, 0.717) is 18.5 Å². The van der Waals surface area contributed by atoms with E-state index < -0.39 is 288 Å². The number of hydrogen-bond donors (Lipinski definition) is 19. The molecular weight excluding hydrogens is 1900 g/mol. The molecule has 62 heteroatoms. The maximum Gasteiger partial charge on any atom is 1.00 e. The SMILES string of the molecule is CO[C@@H]1O[CH-][C@@H](CO[C@@H]2O[C@@H](C(=O)[O-])[C@@H](O[C@@H]3OC(C(=O)[O-])[C@@H](O[C@@H]4O[C@@H](C(=O)NCCc5ccccc5)[C@@H](OC)C(O)C4O)[C@H](O)C3O)C(O)C2O)[C@@H](O)C1O.CO[C@@H]1O[CH-][C@@H](CO[C@@H]2O[C@@H](C(=O)[O-])[C@@H](O[C@@H]3OC(C(=O)[O-])[C@@H](O[C@@H]4O[C@@H](C(=O)[O-])[C@@H](OC)C(O)C4O)[C@H](O)C3O)C(O)C2O)[C@@H](O)C1O.NCCc1ccc(C(=O)O)cc1.O=C=O.O=C=O.O=C=O.[Na+].[Na+].[Na+].[Na+].[Na+].[Na+].[Na+]. The first-order valence-electron chi connectivity index (χ1n) is 37.2. The van der Waals surface area contributed by atoms with Gasteiger partial charge in [0.05, 0.1) is 47.6 Å². The number of amides is 1. The number of aliphatic carboxylic acids is 5. The average molecular weight is 2000 g/mol. The predicted octanol–water partition coefficient (Wildman–Crippen LogP) is -41.5. The second-order valence-corrected chi connectivity index (χ2v) is 27.9. The minimum atomic E-state index is -2.45. The topological polar surface area (TPSA) is 885 Å². The predicted molar refractivity (Wildman–Crippen MR) is 370 cm³/mol. The third-order valence-corrected chi connectivity index (χ3v) is 19.9. The molecule has 134 heavy (non-hydrogen) atoms. The zero-order valence-corrected chi connectivity index (χ0v) is 87.4. The van der Waals surface area contributed by atoms with Crippen molar-refractivity contribution < 1.29 is 467 Å². The normalized spacial score (nSPS) is 36.6. The second-order valence-electron chi connectivity index (χ2n) is 27.9. The molecule has 8 aliphatic heterocycles. The molecule has 1 amide bonds. The molecule has 8 heterocycles. The number of aliphatic hydroxyl groups excluding tert-OH is 16. The summed E-state index contributed by atoms with van der Waals surface area (Å²) in [6.07, 6.45) is -70.6. The van der Waals surface area contributed by atoms with Crippen molar-refractivity contribution in [3.8, 4) is 0 Å². The first-order valence-corrected chi connectivity index (χ1v) is 37.2. The van der Waals surface area contributed by atoms with Crippen molar-refractivity contribution >= 4 is 60.2 Å². The number of carboxylic acid groups (broad SMARTS) is 6. The Labute approximate surface area is 913 Å². The fraction of sp³-hybridized carbons (Fsp3) is 0.667. The van der Waals surface area contributed by atoms with Gasteiger partial charge in [0, 0.05) is 48.2 Å². The van der Waals surface area contributed by atoms with Gasteiger partial charge in [-0.15, -0.1) is 0 Å². The molecule has 10 rings (SSSR count). The number of rotatable bonds is 30. The molecule has 8 saturated heterocycles. The molecule has 2 aromatic carbocycles. The average Bonchev–Trinajstić information content (AvgIpc) is 0.770. The van der Waals surface area contributed by atoms with Gasteiger partial charge in [-0.1, -0.05) is 54.3 Å². The summed E-state index contributed by atoms with van der Waals surface area (Å²) in [5.74, 6) is -14.1. The van der Waals surface area contributed by atoms with E-state index in [2.05, 4.69) is 5.32 Å². The second kappa shape index (κ2) is 68.0. The van der Waals surface area contributed by atoms with Crippen LogP contribution in [0.2, 0.25) is 0 Å². The van der Waals surface area contributed by atoms with Gasteiger partial charge in [0.15, 0.2) is 56.4 Å². The van der Waals surface area contributed by atoms with Gasteiger partial charge in [0.2, 0.25) is 0 Å². The van der Waals surface area contributed by atoms with Gasteiger partial charge < -0.3 is 233 Å². The number of nitrogens with two attached hydrogens (primary N) is 1. The van der Waals surface area contributed by atoms with Crippen LogP contribution in [-0.2, 0) is 156 Å². The van der Waals surface area contributed by atoms with E-state index in [-0.39, 0.29) is 232 Å². The Bertz CT molecular complexity index is 3850. The Kier molecular flexibility index (Phi) is 69.3. The summed E-state index contributed by atoms with van der Waals surface area (Å²) in [5.41, 5.74) is 7.62. The summed E-state index contributed by atoms with van der Waals surface area (Å²) in [6.45, 7) is 1.71. The Balaban J connectivity index is -0.00000203. The number of nitrogens with one attached hydrogen (secondary N) is 1. The molecule has 8 fully saturated rings. The molecule has 716 valence electrons. The number of carboxylic acids is 6. The smallest absolute Gasteiger partial charge is 0.547 e. The molecular formula is C72H93N2Na7O53. The van der Waals surface area contributed by atoms with Crippen LogP contribution in [-0.4, -0.2) is 423 Å². The Morgan fingerprint density at radius 3 is 0.881 bits per heavy atom. The van der Waals surface area contributed by atoms with E-state index in [1.807, 2.05) is 18.2 Å².